The first-order valence-electron chi connectivity index (χ1n) is 7.04. The highest BCUT2D eigenvalue weighted by Crippen LogP contribution is 2.28. The molecule has 2 aromatic rings. The van der Waals surface area contributed by atoms with Crippen molar-refractivity contribution in [3.8, 4) is 5.75 Å². The molecule has 2 N–H and O–H groups in total. The number of para-hydroxylation sites is 2. The maximum atomic E-state index is 12.2. The molecule has 0 bridgehead atoms. The van der Waals surface area contributed by atoms with Crippen molar-refractivity contribution in [2.75, 3.05) is 11.9 Å². The first-order valence-corrected chi connectivity index (χ1v) is 7.04. The van der Waals surface area contributed by atoms with Gasteiger partial charge in [-0.15, -0.1) is 0 Å². The number of ether oxygens (including phenoxy) is 1. The normalized spacial score (nSPS) is 18.0. The highest BCUT2D eigenvalue weighted by atomic mass is 16.5. The summed E-state index contributed by atoms with van der Waals surface area (Å²) in [4.78, 5) is 12.2. The van der Waals surface area contributed by atoms with Gasteiger partial charge in [0, 0.05) is 12.5 Å². The van der Waals surface area contributed by atoms with E-state index in [2.05, 4.69) is 10.6 Å². The number of furan rings is 1. The van der Waals surface area contributed by atoms with E-state index in [0.29, 0.717) is 18.7 Å². The van der Waals surface area contributed by atoms with Crippen LogP contribution in [0.3, 0.4) is 0 Å². The molecule has 5 nitrogen and oxygen atoms in total. The second-order valence-electron chi connectivity index (χ2n) is 5.18. The largest absolute Gasteiger partial charge is 0.477 e. The van der Waals surface area contributed by atoms with Crippen molar-refractivity contribution in [1.82, 2.24) is 5.32 Å². The van der Waals surface area contributed by atoms with Gasteiger partial charge in [0.15, 0.2) is 6.10 Å². The van der Waals surface area contributed by atoms with Gasteiger partial charge in [-0.2, -0.15) is 0 Å². The fourth-order valence-electron chi connectivity index (χ4n) is 2.38. The summed E-state index contributed by atoms with van der Waals surface area (Å²) in [5.41, 5.74) is 0.921. The molecule has 0 saturated heterocycles. The molecular formula is C16H18N2O3. The zero-order valence-electron chi connectivity index (χ0n) is 11.8. The fourth-order valence-corrected chi connectivity index (χ4v) is 2.38. The number of carbonyl (C=O) groups excluding carboxylic acids is 1. The average Bonchev–Trinajstić information content (AvgIpc) is 2.99. The van der Waals surface area contributed by atoms with Gasteiger partial charge >= 0.3 is 0 Å². The third kappa shape index (κ3) is 3.18. The Morgan fingerprint density at radius 1 is 1.38 bits per heavy atom. The van der Waals surface area contributed by atoms with Gasteiger partial charge in [-0.25, -0.2) is 0 Å². The van der Waals surface area contributed by atoms with Crippen LogP contribution < -0.4 is 15.4 Å². The first kappa shape index (κ1) is 13.5. The Morgan fingerprint density at radius 2 is 2.24 bits per heavy atom. The standard InChI is InChI=1S/C16H18N2O3/c1-11(9-12-5-4-8-20-12)18-16(19)15-10-17-13-6-2-3-7-14(13)21-15/h2-8,11,15,17H,9-10H2,1H3,(H,18,19). The third-order valence-corrected chi connectivity index (χ3v) is 3.40. The molecule has 1 aliphatic heterocycles. The van der Waals surface area contributed by atoms with Crippen molar-refractivity contribution in [1.29, 1.82) is 0 Å². The lowest BCUT2D eigenvalue weighted by Crippen LogP contribution is -2.47. The van der Waals surface area contributed by atoms with E-state index in [-0.39, 0.29) is 11.9 Å². The molecule has 3 rings (SSSR count). The minimum Gasteiger partial charge on any atom is -0.477 e. The van der Waals surface area contributed by atoms with E-state index >= 15 is 0 Å². The minimum absolute atomic E-state index is 0.00980. The second kappa shape index (κ2) is 5.91. The van der Waals surface area contributed by atoms with E-state index in [1.165, 1.54) is 0 Å². The lowest BCUT2D eigenvalue weighted by Gasteiger charge is -2.27. The zero-order valence-corrected chi connectivity index (χ0v) is 11.8. The number of carbonyl (C=O) groups is 1. The van der Waals surface area contributed by atoms with Gasteiger partial charge in [0.2, 0.25) is 0 Å². The van der Waals surface area contributed by atoms with Crippen molar-refractivity contribution in [3.05, 3.63) is 48.4 Å². The molecule has 110 valence electrons. The van der Waals surface area contributed by atoms with Crippen molar-refractivity contribution >= 4 is 11.6 Å². The van der Waals surface area contributed by atoms with E-state index < -0.39 is 6.10 Å². The molecule has 2 unspecified atom stereocenters. The molecule has 1 aromatic heterocycles. The van der Waals surface area contributed by atoms with Gasteiger partial charge < -0.3 is 19.8 Å². The number of rotatable bonds is 4. The van der Waals surface area contributed by atoms with E-state index in [4.69, 9.17) is 9.15 Å². The smallest absolute Gasteiger partial charge is 0.263 e. The van der Waals surface area contributed by atoms with Crippen LogP contribution in [0.15, 0.2) is 47.1 Å². The van der Waals surface area contributed by atoms with Crippen LogP contribution in [0.2, 0.25) is 0 Å². The van der Waals surface area contributed by atoms with E-state index in [0.717, 1.165) is 11.4 Å². The Labute approximate surface area is 123 Å². The molecule has 5 heteroatoms. The highest BCUT2D eigenvalue weighted by Gasteiger charge is 2.26. The zero-order chi connectivity index (χ0) is 14.7. The van der Waals surface area contributed by atoms with Crippen LogP contribution in [0.4, 0.5) is 5.69 Å². The lowest BCUT2D eigenvalue weighted by atomic mass is 10.1. The van der Waals surface area contributed by atoms with Crippen LogP contribution >= 0.6 is 0 Å². The van der Waals surface area contributed by atoms with Gasteiger partial charge in [0.1, 0.15) is 11.5 Å². The van der Waals surface area contributed by atoms with Crippen molar-refractivity contribution < 1.29 is 13.9 Å². The van der Waals surface area contributed by atoms with Crippen LogP contribution in [0, 0.1) is 0 Å². The molecule has 1 aliphatic rings. The molecule has 21 heavy (non-hydrogen) atoms. The molecule has 0 spiro atoms. The lowest BCUT2D eigenvalue weighted by molar-refractivity contribution is -0.128. The number of benzene rings is 1. The second-order valence-corrected chi connectivity index (χ2v) is 5.18. The fraction of sp³-hybridized carbons (Fsp3) is 0.312. The van der Waals surface area contributed by atoms with Crippen LogP contribution in [-0.4, -0.2) is 24.6 Å². The molecule has 0 aliphatic carbocycles. The topological polar surface area (TPSA) is 63.5 Å². The molecule has 2 atom stereocenters. The maximum absolute atomic E-state index is 12.2. The number of fused-ring (bicyclic) bond motifs is 1. The molecular weight excluding hydrogens is 268 g/mol. The Morgan fingerprint density at radius 3 is 3.05 bits per heavy atom. The minimum atomic E-state index is -0.515. The number of nitrogens with one attached hydrogen (secondary N) is 2. The van der Waals surface area contributed by atoms with Crippen molar-refractivity contribution in [3.63, 3.8) is 0 Å². The van der Waals surface area contributed by atoms with Gasteiger partial charge in [-0.1, -0.05) is 12.1 Å². The number of hydrogen-bond donors (Lipinski definition) is 2. The molecule has 0 saturated carbocycles. The van der Waals surface area contributed by atoms with Crippen LogP contribution in [0.5, 0.6) is 5.75 Å². The summed E-state index contributed by atoms with van der Waals surface area (Å²) in [6, 6.07) is 11.3. The number of hydrogen-bond acceptors (Lipinski definition) is 4. The third-order valence-electron chi connectivity index (χ3n) is 3.40. The first-order chi connectivity index (χ1) is 10.2. The Bertz CT molecular complexity index is 610. The van der Waals surface area contributed by atoms with Gasteiger partial charge in [-0.3, -0.25) is 4.79 Å². The Kier molecular flexibility index (Phi) is 3.81. The number of amides is 1. The summed E-state index contributed by atoms with van der Waals surface area (Å²) in [6.07, 6.45) is 1.78. The maximum Gasteiger partial charge on any atom is 0.263 e. The molecule has 2 heterocycles. The van der Waals surface area contributed by atoms with Gasteiger partial charge in [0.05, 0.1) is 18.5 Å². The SMILES string of the molecule is CC(Cc1ccco1)NC(=O)C1CNc2ccccc2O1. The quantitative estimate of drug-likeness (QED) is 0.904. The van der Waals surface area contributed by atoms with Crippen molar-refractivity contribution in [2.24, 2.45) is 0 Å². The molecule has 0 fully saturated rings. The average molecular weight is 286 g/mol. The van der Waals surface area contributed by atoms with Crippen LogP contribution in [0.1, 0.15) is 12.7 Å². The van der Waals surface area contributed by atoms with Crippen LogP contribution in [0.25, 0.3) is 0 Å². The number of anilines is 1. The summed E-state index contributed by atoms with van der Waals surface area (Å²) < 4.78 is 11.0. The Balaban J connectivity index is 1.56. The summed E-state index contributed by atoms with van der Waals surface area (Å²) in [6.45, 7) is 2.42. The molecule has 1 aromatic carbocycles. The summed E-state index contributed by atoms with van der Waals surface area (Å²) >= 11 is 0. The van der Waals surface area contributed by atoms with Gasteiger partial charge in [0.25, 0.3) is 5.91 Å². The van der Waals surface area contributed by atoms with Crippen LogP contribution in [-0.2, 0) is 11.2 Å². The van der Waals surface area contributed by atoms with E-state index in [1.807, 2.05) is 43.3 Å². The van der Waals surface area contributed by atoms with E-state index in [1.54, 1.807) is 6.26 Å². The van der Waals surface area contributed by atoms with Gasteiger partial charge in [-0.05, 0) is 31.2 Å². The molecule has 0 radical (unpaired) electrons. The predicted molar refractivity (Wildman–Crippen MR) is 79.4 cm³/mol. The van der Waals surface area contributed by atoms with Crippen molar-refractivity contribution in [2.45, 2.75) is 25.5 Å². The summed E-state index contributed by atoms with van der Waals surface area (Å²) in [7, 11) is 0. The summed E-state index contributed by atoms with van der Waals surface area (Å²) in [5, 5.41) is 6.16. The summed E-state index contributed by atoms with van der Waals surface area (Å²) in [5.74, 6) is 1.45. The molecule has 1 amide bonds. The van der Waals surface area contributed by atoms with E-state index in [9.17, 15) is 4.79 Å². The Hall–Kier alpha value is -2.43. The predicted octanol–water partition coefficient (Wildman–Crippen LogP) is 2.20. The monoisotopic (exact) mass is 286 g/mol. The highest BCUT2D eigenvalue weighted by molar-refractivity contribution is 5.83.